The molecule has 13 heteroatoms. The van der Waals surface area contributed by atoms with Crippen LogP contribution in [0.3, 0.4) is 0 Å². The van der Waals surface area contributed by atoms with Crippen molar-refractivity contribution in [1.82, 2.24) is 19.5 Å². The summed E-state index contributed by atoms with van der Waals surface area (Å²) < 4.78 is 35.6. The summed E-state index contributed by atoms with van der Waals surface area (Å²) in [5.41, 5.74) is 3.77. The van der Waals surface area contributed by atoms with E-state index in [-0.39, 0.29) is 28.8 Å². The number of aromatic nitrogens is 4. The lowest BCUT2D eigenvalue weighted by Gasteiger charge is -2.51. The molecular formula is C42H55N5O6Si2. The minimum Gasteiger partial charge on any atom is -0.497 e. The van der Waals surface area contributed by atoms with Gasteiger partial charge in [0, 0.05) is 0 Å². The van der Waals surface area contributed by atoms with Crippen LogP contribution in [0, 0.1) is 0 Å². The first kappa shape index (κ1) is 39.3. The molecule has 0 aliphatic carbocycles. The van der Waals surface area contributed by atoms with E-state index in [1.807, 2.05) is 48.5 Å². The molecule has 2 aliphatic rings. The summed E-state index contributed by atoms with van der Waals surface area (Å²) in [7, 11) is -4.12. The molecule has 0 bridgehead atoms. The normalized spacial score (nSPS) is 22.6. The molecule has 4 heterocycles. The molecule has 55 heavy (non-hydrogen) atoms. The lowest BCUT2D eigenvalue weighted by Crippen LogP contribution is -2.65. The molecule has 2 fully saturated rings. The molecule has 2 aromatic heterocycles. The fraction of sp³-hybridized carbons (Fsp3) is 0.452. The van der Waals surface area contributed by atoms with Gasteiger partial charge in [-0.25, -0.2) is 15.0 Å². The first-order valence-electron chi connectivity index (χ1n) is 19.4. The van der Waals surface area contributed by atoms with Gasteiger partial charge in [-0.05, 0) is 51.0 Å². The number of methoxy groups -OCH3 is 1. The Bertz CT molecular complexity index is 1990. The van der Waals surface area contributed by atoms with E-state index in [1.165, 1.54) is 6.33 Å². The molecule has 5 aromatic rings. The van der Waals surface area contributed by atoms with E-state index in [9.17, 15) is 5.11 Å². The molecule has 0 amide bonds. The Balaban J connectivity index is 1.31. The number of hydrogen-bond donors (Lipinski definition) is 2. The van der Waals surface area contributed by atoms with E-state index in [4.69, 9.17) is 37.4 Å². The van der Waals surface area contributed by atoms with Crippen LogP contribution in [0.2, 0.25) is 22.2 Å². The molecule has 292 valence electrons. The van der Waals surface area contributed by atoms with Gasteiger partial charge in [-0.1, -0.05) is 128 Å². The maximum absolute atomic E-state index is 12.2. The van der Waals surface area contributed by atoms with Crippen molar-refractivity contribution in [2.24, 2.45) is 0 Å². The minimum absolute atomic E-state index is 0.112. The van der Waals surface area contributed by atoms with E-state index < -0.39 is 47.2 Å². The van der Waals surface area contributed by atoms with Crippen LogP contribution in [0.25, 0.3) is 11.2 Å². The lowest BCUT2D eigenvalue weighted by molar-refractivity contribution is -0.0570. The van der Waals surface area contributed by atoms with E-state index in [0.717, 1.165) is 22.4 Å². The van der Waals surface area contributed by atoms with Gasteiger partial charge in [0.05, 0.1) is 20.0 Å². The van der Waals surface area contributed by atoms with Gasteiger partial charge in [-0.15, -0.1) is 0 Å². The zero-order chi connectivity index (χ0) is 39.1. The van der Waals surface area contributed by atoms with Gasteiger partial charge >= 0.3 is 17.1 Å². The number of aliphatic hydroxyl groups excluding tert-OH is 1. The van der Waals surface area contributed by atoms with Crippen LogP contribution in [0.4, 0.5) is 5.82 Å². The summed E-state index contributed by atoms with van der Waals surface area (Å²) in [6.07, 6.45) is 0.142. The summed E-state index contributed by atoms with van der Waals surface area (Å²) in [4.78, 5) is 14.4. The third-order valence-electron chi connectivity index (χ3n) is 11.5. The highest BCUT2D eigenvalue weighted by molar-refractivity contribution is 6.84. The maximum atomic E-state index is 12.2. The van der Waals surface area contributed by atoms with Crippen LogP contribution >= 0.6 is 0 Å². The Morgan fingerprint density at radius 1 is 0.764 bits per heavy atom. The molecule has 0 unspecified atom stereocenters. The molecule has 0 spiro atoms. The topological polar surface area (TPSA) is 122 Å². The average molecular weight is 782 g/mol. The summed E-state index contributed by atoms with van der Waals surface area (Å²) >= 11 is 0. The largest absolute Gasteiger partial charge is 0.497 e. The first-order chi connectivity index (χ1) is 26.4. The summed E-state index contributed by atoms with van der Waals surface area (Å²) in [5.74, 6) is 1.28. The second-order valence-electron chi connectivity index (χ2n) is 16.0. The van der Waals surface area contributed by atoms with E-state index in [2.05, 4.69) is 97.1 Å². The summed E-state index contributed by atoms with van der Waals surface area (Å²) in [5, 5.41) is 16.0. The Morgan fingerprint density at radius 2 is 1.33 bits per heavy atom. The quantitative estimate of drug-likeness (QED) is 0.0998. The number of fused-ring (bicyclic) bond motifs is 2. The second-order valence-corrected chi connectivity index (χ2v) is 24.8. The first-order valence-corrected chi connectivity index (χ1v) is 23.4. The summed E-state index contributed by atoms with van der Waals surface area (Å²) in [6.45, 7) is 17.7. The number of ether oxygens (including phenoxy) is 2. The van der Waals surface area contributed by atoms with Crippen LogP contribution in [-0.4, -0.2) is 73.8 Å². The Kier molecular flexibility index (Phi) is 11.1. The number of nitrogens with zero attached hydrogens (tertiary/aromatic N) is 4. The Morgan fingerprint density at radius 3 is 1.87 bits per heavy atom. The van der Waals surface area contributed by atoms with Crippen molar-refractivity contribution in [3.63, 3.8) is 0 Å². The van der Waals surface area contributed by atoms with Gasteiger partial charge in [0.25, 0.3) is 0 Å². The van der Waals surface area contributed by atoms with Crippen molar-refractivity contribution in [2.75, 3.05) is 19.0 Å². The highest BCUT2D eigenvalue weighted by Gasteiger charge is 2.61. The second kappa shape index (κ2) is 15.5. The molecule has 0 saturated carbocycles. The number of aliphatic hydroxyl groups is 1. The van der Waals surface area contributed by atoms with Crippen LogP contribution in [-0.2, 0) is 23.2 Å². The fourth-order valence-electron chi connectivity index (χ4n) is 8.61. The highest BCUT2D eigenvalue weighted by Crippen LogP contribution is 2.49. The van der Waals surface area contributed by atoms with Crippen LogP contribution < -0.4 is 10.1 Å². The monoisotopic (exact) mass is 781 g/mol. The zero-order valence-corrected chi connectivity index (χ0v) is 35.3. The van der Waals surface area contributed by atoms with Crippen molar-refractivity contribution in [1.29, 1.82) is 0 Å². The summed E-state index contributed by atoms with van der Waals surface area (Å²) in [6, 6.07) is 28.7. The standard InChI is InChI=1S/C42H55N5O6Si2/c1-27(2)54(28(3)4)50-24-35-38(52-55(53-54,29(5)6)30(7)8)37(48)41(51-35)47-26-45-36-39(43-25-44-40(36)47)46-42(31-16-12-10-13-17-31,32-18-14-11-15-19-32)33-20-22-34(49-9)23-21-33/h10-23,25-30,35,37-38,41,48H,24H2,1-9H3,(H,43,44,46)/t35-,37-,38-,41-/m1/s1. The van der Waals surface area contributed by atoms with Gasteiger partial charge in [0.2, 0.25) is 0 Å². The van der Waals surface area contributed by atoms with Gasteiger partial charge in [-0.2, -0.15) is 0 Å². The van der Waals surface area contributed by atoms with Crippen molar-refractivity contribution in [3.05, 3.63) is 114 Å². The van der Waals surface area contributed by atoms with Gasteiger partial charge in [0.15, 0.2) is 23.2 Å². The molecule has 2 aliphatic heterocycles. The van der Waals surface area contributed by atoms with Crippen molar-refractivity contribution >= 4 is 34.1 Å². The highest BCUT2D eigenvalue weighted by atomic mass is 28.5. The van der Waals surface area contributed by atoms with Crippen molar-refractivity contribution < 1.29 is 27.5 Å². The SMILES string of the molecule is COc1ccc(C(Nc2ncnc3c2ncn3[C@@H]2O[C@@H]3CO[Si](C(C)C)(C(C)C)O[Si](C(C)C)(C(C)C)O[C@H]3[C@H]2O)(c2ccccc2)c2ccccc2)cc1. The maximum Gasteiger partial charge on any atom is 0.335 e. The molecular weight excluding hydrogens is 727 g/mol. The molecule has 11 nitrogen and oxygen atoms in total. The number of nitrogens with one attached hydrogen (secondary N) is 1. The number of imidazole rings is 1. The molecule has 2 N–H and O–H groups in total. The van der Waals surface area contributed by atoms with Gasteiger partial charge in [-0.3, -0.25) is 4.57 Å². The molecule has 7 rings (SSSR count). The predicted molar refractivity (Wildman–Crippen MR) is 218 cm³/mol. The predicted octanol–water partition coefficient (Wildman–Crippen LogP) is 8.45. The molecule has 0 radical (unpaired) electrons. The zero-order valence-electron chi connectivity index (χ0n) is 33.3. The van der Waals surface area contributed by atoms with Crippen molar-refractivity contribution in [2.45, 2.75) is 108 Å². The smallest absolute Gasteiger partial charge is 0.335 e. The Hall–Kier alpha value is -3.96. The van der Waals surface area contributed by atoms with Crippen LogP contribution in [0.1, 0.15) is 78.3 Å². The number of benzene rings is 3. The third kappa shape index (κ3) is 6.73. The van der Waals surface area contributed by atoms with Crippen molar-refractivity contribution in [3.8, 4) is 5.75 Å². The van der Waals surface area contributed by atoms with E-state index in [0.29, 0.717) is 17.0 Å². The van der Waals surface area contributed by atoms with Gasteiger partial charge < -0.3 is 32.9 Å². The van der Waals surface area contributed by atoms with E-state index >= 15 is 0 Å². The van der Waals surface area contributed by atoms with E-state index in [1.54, 1.807) is 18.0 Å². The number of anilines is 1. The van der Waals surface area contributed by atoms with Crippen LogP contribution in [0.5, 0.6) is 5.75 Å². The average Bonchev–Trinajstić information content (AvgIpc) is 3.74. The minimum atomic E-state index is -2.99. The molecule has 2 saturated heterocycles. The lowest BCUT2D eigenvalue weighted by atomic mass is 9.77. The number of hydrogen-bond acceptors (Lipinski definition) is 10. The number of rotatable bonds is 11. The van der Waals surface area contributed by atoms with Gasteiger partial charge in [0.1, 0.15) is 35.9 Å². The Labute approximate surface area is 326 Å². The molecule has 4 atom stereocenters. The molecule has 3 aromatic carbocycles. The third-order valence-corrected chi connectivity index (χ3v) is 21.8. The fourth-order valence-corrected chi connectivity index (χ4v) is 19.8. The van der Waals surface area contributed by atoms with Crippen LogP contribution in [0.15, 0.2) is 97.6 Å².